The van der Waals surface area contributed by atoms with Crippen LogP contribution in [0.4, 0.5) is 10.3 Å². The molecule has 3 aromatic rings. The van der Waals surface area contributed by atoms with E-state index in [2.05, 4.69) is 25.4 Å². The Morgan fingerprint density at radius 1 is 1.38 bits per heavy atom. The van der Waals surface area contributed by atoms with Gasteiger partial charge < -0.3 is 9.72 Å². The van der Waals surface area contributed by atoms with Crippen LogP contribution in [0.2, 0.25) is 0 Å². The average Bonchev–Trinajstić information content (AvgIpc) is 2.90. The van der Waals surface area contributed by atoms with Crippen molar-refractivity contribution in [3.05, 3.63) is 30.2 Å². The number of H-pyrrole nitrogens is 1. The number of halogens is 1. The van der Waals surface area contributed by atoms with Crippen LogP contribution in [0.15, 0.2) is 34.6 Å². The van der Waals surface area contributed by atoms with E-state index in [1.807, 2.05) is 12.1 Å². The zero-order valence-electron chi connectivity index (χ0n) is 10.9. The molecule has 0 aliphatic heterocycles. The summed E-state index contributed by atoms with van der Waals surface area (Å²) >= 11 is 1.05. The first-order chi connectivity index (χ1) is 10.2. The van der Waals surface area contributed by atoms with E-state index in [9.17, 15) is 4.39 Å². The molecular weight excluding hydrogens is 295 g/mol. The maximum absolute atomic E-state index is 13.7. The smallest absolute Gasteiger partial charge is 0.238 e. The number of aromatic nitrogens is 4. The van der Waals surface area contributed by atoms with Crippen molar-refractivity contribution in [2.45, 2.75) is 10.2 Å². The van der Waals surface area contributed by atoms with Crippen molar-refractivity contribution in [2.75, 3.05) is 12.5 Å². The van der Waals surface area contributed by atoms with Gasteiger partial charge in [0, 0.05) is 6.07 Å². The lowest BCUT2D eigenvalue weighted by molar-refractivity contribution is 0.415. The second-order valence-corrected chi connectivity index (χ2v) is 5.00. The van der Waals surface area contributed by atoms with Crippen LogP contribution in [-0.4, -0.2) is 27.0 Å². The number of aromatic amines is 1. The van der Waals surface area contributed by atoms with Crippen LogP contribution in [0.25, 0.3) is 11.0 Å². The Bertz CT molecular complexity index is 793. The minimum absolute atomic E-state index is 0.129. The lowest BCUT2D eigenvalue weighted by Crippen LogP contribution is -2.11. The van der Waals surface area contributed by atoms with Crippen LogP contribution in [0.5, 0.6) is 5.75 Å². The molecule has 21 heavy (non-hydrogen) atoms. The summed E-state index contributed by atoms with van der Waals surface area (Å²) < 4.78 is 18.8. The minimum Gasteiger partial charge on any atom is -0.497 e. The average molecular weight is 306 g/mol. The van der Waals surface area contributed by atoms with Crippen molar-refractivity contribution < 1.29 is 9.13 Å². The molecule has 108 valence electrons. The number of nitrogen functional groups attached to an aromatic ring is 1. The SMILES string of the molecule is COc1ccc2nc(Sc3nc(NN)ncc3F)[nH]c2c1. The first-order valence-corrected chi connectivity index (χ1v) is 6.72. The van der Waals surface area contributed by atoms with Crippen LogP contribution in [0.3, 0.4) is 0 Å². The van der Waals surface area contributed by atoms with E-state index in [4.69, 9.17) is 10.6 Å². The summed E-state index contributed by atoms with van der Waals surface area (Å²) in [5.74, 6) is 5.52. The van der Waals surface area contributed by atoms with E-state index in [-0.39, 0.29) is 11.0 Å². The fourth-order valence-electron chi connectivity index (χ4n) is 1.72. The van der Waals surface area contributed by atoms with E-state index in [1.165, 1.54) is 0 Å². The minimum atomic E-state index is -0.544. The van der Waals surface area contributed by atoms with Gasteiger partial charge in [-0.3, -0.25) is 5.43 Å². The molecule has 0 saturated heterocycles. The van der Waals surface area contributed by atoms with E-state index in [0.29, 0.717) is 10.9 Å². The molecule has 0 aliphatic rings. The van der Waals surface area contributed by atoms with Gasteiger partial charge in [-0.25, -0.2) is 25.2 Å². The summed E-state index contributed by atoms with van der Waals surface area (Å²) in [6.07, 6.45) is 1.05. The molecule has 0 saturated carbocycles. The fraction of sp³-hybridized carbons (Fsp3) is 0.0833. The lowest BCUT2D eigenvalue weighted by atomic mass is 10.3. The van der Waals surface area contributed by atoms with Crippen LogP contribution in [0, 0.1) is 5.82 Å². The Morgan fingerprint density at radius 2 is 2.24 bits per heavy atom. The third-order valence-electron chi connectivity index (χ3n) is 2.70. The Balaban J connectivity index is 1.94. The lowest BCUT2D eigenvalue weighted by Gasteiger charge is -2.01. The molecule has 0 unspecified atom stereocenters. The Morgan fingerprint density at radius 3 is 3.00 bits per heavy atom. The van der Waals surface area contributed by atoms with Crippen molar-refractivity contribution in [2.24, 2.45) is 5.84 Å². The van der Waals surface area contributed by atoms with Gasteiger partial charge in [0.2, 0.25) is 5.95 Å². The number of fused-ring (bicyclic) bond motifs is 1. The van der Waals surface area contributed by atoms with Gasteiger partial charge in [-0.15, -0.1) is 0 Å². The number of hydrazine groups is 1. The largest absolute Gasteiger partial charge is 0.497 e. The van der Waals surface area contributed by atoms with Crippen molar-refractivity contribution in [1.29, 1.82) is 0 Å². The van der Waals surface area contributed by atoms with Crippen LogP contribution < -0.4 is 16.0 Å². The number of methoxy groups -OCH3 is 1. The molecule has 7 nitrogen and oxygen atoms in total. The zero-order valence-corrected chi connectivity index (χ0v) is 11.7. The topological polar surface area (TPSA) is 102 Å². The maximum Gasteiger partial charge on any atom is 0.238 e. The van der Waals surface area contributed by atoms with E-state index in [0.717, 1.165) is 29.0 Å². The molecule has 0 atom stereocenters. The van der Waals surface area contributed by atoms with E-state index < -0.39 is 5.82 Å². The summed E-state index contributed by atoms with van der Waals surface area (Å²) in [4.78, 5) is 15.1. The Hall–Kier alpha value is -2.39. The molecule has 4 N–H and O–H groups in total. The van der Waals surface area contributed by atoms with Gasteiger partial charge in [0.15, 0.2) is 11.0 Å². The third-order valence-corrected chi connectivity index (χ3v) is 3.57. The summed E-state index contributed by atoms with van der Waals surface area (Å²) in [6, 6.07) is 5.44. The fourth-order valence-corrected chi connectivity index (χ4v) is 2.50. The second kappa shape index (κ2) is 5.54. The van der Waals surface area contributed by atoms with E-state index >= 15 is 0 Å². The van der Waals surface area contributed by atoms with Gasteiger partial charge in [0.05, 0.1) is 24.3 Å². The molecule has 0 spiro atoms. The van der Waals surface area contributed by atoms with Crippen LogP contribution in [0.1, 0.15) is 0 Å². The van der Waals surface area contributed by atoms with Gasteiger partial charge in [0.1, 0.15) is 10.8 Å². The number of nitrogens with zero attached hydrogens (tertiary/aromatic N) is 3. The summed E-state index contributed by atoms with van der Waals surface area (Å²) in [6.45, 7) is 0. The first kappa shape index (κ1) is 13.6. The third kappa shape index (κ3) is 2.73. The number of ether oxygens (including phenoxy) is 1. The molecule has 1 aromatic carbocycles. The molecule has 0 aliphatic carbocycles. The molecule has 2 heterocycles. The predicted molar refractivity (Wildman–Crippen MR) is 76.6 cm³/mol. The monoisotopic (exact) mass is 306 g/mol. The highest BCUT2D eigenvalue weighted by atomic mass is 32.2. The Labute approximate surface area is 123 Å². The molecule has 0 amide bonds. The number of benzene rings is 1. The summed E-state index contributed by atoms with van der Waals surface area (Å²) in [5.41, 5.74) is 3.82. The van der Waals surface area contributed by atoms with Crippen molar-refractivity contribution in [3.8, 4) is 5.75 Å². The highest BCUT2D eigenvalue weighted by Gasteiger charge is 2.12. The number of hydrogen-bond acceptors (Lipinski definition) is 7. The zero-order chi connectivity index (χ0) is 14.8. The van der Waals surface area contributed by atoms with Crippen molar-refractivity contribution in [3.63, 3.8) is 0 Å². The molecule has 2 aromatic heterocycles. The molecular formula is C12H11FN6OS. The Kier molecular flexibility index (Phi) is 3.59. The van der Waals surface area contributed by atoms with Gasteiger partial charge >= 0.3 is 0 Å². The van der Waals surface area contributed by atoms with Gasteiger partial charge in [-0.05, 0) is 23.9 Å². The van der Waals surface area contributed by atoms with Gasteiger partial charge in [-0.1, -0.05) is 0 Å². The number of rotatable bonds is 4. The van der Waals surface area contributed by atoms with Crippen molar-refractivity contribution in [1.82, 2.24) is 19.9 Å². The molecule has 3 rings (SSSR count). The van der Waals surface area contributed by atoms with Gasteiger partial charge in [0.25, 0.3) is 0 Å². The van der Waals surface area contributed by atoms with E-state index in [1.54, 1.807) is 13.2 Å². The number of nitrogens with one attached hydrogen (secondary N) is 2. The first-order valence-electron chi connectivity index (χ1n) is 5.90. The standard InChI is InChI=1S/C12H11FN6OS/c1-20-6-2-3-8-9(4-6)17-12(16-8)21-10-7(13)5-15-11(18-10)19-14/h2-5H,14H2,1H3,(H,16,17)(H,15,18,19). The number of hydrogen-bond donors (Lipinski definition) is 3. The quantitative estimate of drug-likeness (QED) is 0.384. The number of anilines is 1. The highest BCUT2D eigenvalue weighted by Crippen LogP contribution is 2.29. The molecule has 0 bridgehead atoms. The van der Waals surface area contributed by atoms with Gasteiger partial charge in [-0.2, -0.15) is 0 Å². The second-order valence-electron chi connectivity index (χ2n) is 4.02. The van der Waals surface area contributed by atoms with Crippen molar-refractivity contribution >= 4 is 28.7 Å². The predicted octanol–water partition coefficient (Wildman–Crippen LogP) is 1.94. The summed E-state index contributed by atoms with van der Waals surface area (Å²) in [5, 5.41) is 0.641. The summed E-state index contributed by atoms with van der Waals surface area (Å²) in [7, 11) is 1.59. The maximum atomic E-state index is 13.7. The molecule has 0 fully saturated rings. The molecule has 9 heteroatoms. The molecule has 0 radical (unpaired) electrons. The number of nitrogens with two attached hydrogens (primary N) is 1. The number of imidazole rings is 1. The van der Waals surface area contributed by atoms with Crippen LogP contribution >= 0.6 is 11.8 Å². The normalized spacial score (nSPS) is 10.8. The van der Waals surface area contributed by atoms with Crippen LogP contribution in [-0.2, 0) is 0 Å². The highest BCUT2D eigenvalue weighted by molar-refractivity contribution is 7.99.